The molecule has 0 spiro atoms. The van der Waals surface area contributed by atoms with Gasteiger partial charge in [-0.05, 0) is 30.2 Å². The third-order valence-corrected chi connectivity index (χ3v) is 5.30. The zero-order chi connectivity index (χ0) is 19.6. The lowest BCUT2D eigenvalue weighted by Crippen LogP contribution is -2.12. The number of aromatic nitrogens is 1. The van der Waals surface area contributed by atoms with Gasteiger partial charge in [0, 0.05) is 25.3 Å². The van der Waals surface area contributed by atoms with E-state index in [4.69, 9.17) is 4.74 Å². The van der Waals surface area contributed by atoms with Crippen LogP contribution in [0.2, 0.25) is 0 Å². The van der Waals surface area contributed by atoms with E-state index in [1.54, 1.807) is 19.2 Å². The number of ether oxygens (including phenoxy) is 1. The van der Waals surface area contributed by atoms with Crippen molar-refractivity contribution in [3.8, 4) is 5.75 Å². The number of thiazole rings is 1. The second-order valence-electron chi connectivity index (χ2n) is 5.84. The van der Waals surface area contributed by atoms with Crippen molar-refractivity contribution in [2.24, 2.45) is 12.0 Å². The first-order valence-corrected chi connectivity index (χ1v) is 8.86. The number of carbonyl (C=O) groups excluding carboxylic acids is 1. The molecule has 27 heavy (non-hydrogen) atoms. The van der Waals surface area contributed by atoms with Crippen molar-refractivity contribution in [2.45, 2.75) is 6.92 Å². The third-order valence-electron chi connectivity index (χ3n) is 4.03. The van der Waals surface area contributed by atoms with Gasteiger partial charge in [0.25, 0.3) is 11.6 Å². The Bertz CT molecular complexity index is 1140. The first kappa shape index (κ1) is 18.5. The molecule has 0 unspecified atom stereocenters. The monoisotopic (exact) mass is 383 g/mol. The Morgan fingerprint density at radius 2 is 2.11 bits per heavy atom. The third kappa shape index (κ3) is 3.80. The highest BCUT2D eigenvalue weighted by Gasteiger charge is 2.11. The predicted molar refractivity (Wildman–Crippen MR) is 105 cm³/mol. The SMILES string of the molecule is COc1ccc(C)c2sc(=NC(=O)/C=C/c3cccc([N+](=O)[O-])c3)n(C)c12. The molecule has 0 saturated heterocycles. The minimum Gasteiger partial charge on any atom is -0.495 e. The summed E-state index contributed by atoms with van der Waals surface area (Å²) in [6.07, 6.45) is 2.81. The minimum atomic E-state index is -0.476. The van der Waals surface area contributed by atoms with Gasteiger partial charge in [-0.2, -0.15) is 4.99 Å². The Balaban J connectivity index is 1.96. The van der Waals surface area contributed by atoms with Gasteiger partial charge in [-0.1, -0.05) is 29.5 Å². The van der Waals surface area contributed by atoms with Crippen LogP contribution in [0, 0.1) is 17.0 Å². The zero-order valence-corrected chi connectivity index (χ0v) is 15.8. The van der Waals surface area contributed by atoms with Crippen LogP contribution in [-0.4, -0.2) is 22.5 Å². The maximum Gasteiger partial charge on any atom is 0.272 e. The first-order valence-electron chi connectivity index (χ1n) is 8.05. The maximum atomic E-state index is 12.2. The van der Waals surface area contributed by atoms with Crippen LogP contribution in [0.25, 0.3) is 16.3 Å². The largest absolute Gasteiger partial charge is 0.495 e. The first-order chi connectivity index (χ1) is 12.9. The van der Waals surface area contributed by atoms with Crippen molar-refractivity contribution in [1.29, 1.82) is 0 Å². The molecule has 138 valence electrons. The maximum absolute atomic E-state index is 12.2. The molecular formula is C19H17N3O4S. The van der Waals surface area contributed by atoms with E-state index < -0.39 is 10.8 Å². The number of benzene rings is 2. The van der Waals surface area contributed by atoms with Crippen LogP contribution >= 0.6 is 11.3 Å². The molecule has 0 aliphatic carbocycles. The normalized spacial score (nSPS) is 12.0. The van der Waals surface area contributed by atoms with E-state index in [2.05, 4.69) is 4.99 Å². The highest BCUT2D eigenvalue weighted by atomic mass is 32.1. The molecule has 1 aromatic heterocycles. The number of carbonyl (C=O) groups is 1. The van der Waals surface area contributed by atoms with E-state index in [0.29, 0.717) is 10.4 Å². The molecule has 1 amide bonds. The van der Waals surface area contributed by atoms with Crippen molar-refractivity contribution in [2.75, 3.05) is 7.11 Å². The molecule has 0 N–H and O–H groups in total. The molecule has 0 fully saturated rings. The van der Waals surface area contributed by atoms with Gasteiger partial charge in [0.2, 0.25) is 0 Å². The summed E-state index contributed by atoms with van der Waals surface area (Å²) < 4.78 is 8.24. The van der Waals surface area contributed by atoms with Crippen LogP contribution in [0.3, 0.4) is 0 Å². The van der Waals surface area contributed by atoms with E-state index >= 15 is 0 Å². The molecule has 3 rings (SSSR count). The topological polar surface area (TPSA) is 86.7 Å². The molecular weight excluding hydrogens is 366 g/mol. The Kier molecular flexibility index (Phi) is 5.18. The van der Waals surface area contributed by atoms with Gasteiger partial charge in [-0.3, -0.25) is 14.9 Å². The summed E-state index contributed by atoms with van der Waals surface area (Å²) >= 11 is 1.41. The number of hydrogen-bond donors (Lipinski definition) is 0. The van der Waals surface area contributed by atoms with E-state index in [1.807, 2.05) is 30.7 Å². The molecule has 0 aliphatic heterocycles. The van der Waals surface area contributed by atoms with Crippen LogP contribution < -0.4 is 9.54 Å². The Labute approximate surface area is 159 Å². The molecule has 0 radical (unpaired) electrons. The zero-order valence-electron chi connectivity index (χ0n) is 15.0. The number of hydrogen-bond acceptors (Lipinski definition) is 5. The minimum absolute atomic E-state index is 0.0278. The van der Waals surface area contributed by atoms with Crippen LogP contribution in [-0.2, 0) is 11.8 Å². The van der Waals surface area contributed by atoms with Crippen molar-refractivity contribution in [3.05, 3.63) is 68.5 Å². The van der Waals surface area contributed by atoms with Gasteiger partial charge in [-0.25, -0.2) is 0 Å². The summed E-state index contributed by atoms with van der Waals surface area (Å²) in [7, 11) is 3.43. The molecule has 3 aromatic rings. The Morgan fingerprint density at radius 3 is 2.81 bits per heavy atom. The Morgan fingerprint density at radius 1 is 1.33 bits per heavy atom. The number of nitrogens with zero attached hydrogens (tertiary/aromatic N) is 3. The molecule has 0 aliphatic rings. The second kappa shape index (κ2) is 7.55. The van der Waals surface area contributed by atoms with Crippen LogP contribution in [0.4, 0.5) is 5.69 Å². The summed E-state index contributed by atoms with van der Waals surface area (Å²) in [5, 5.41) is 10.8. The lowest BCUT2D eigenvalue weighted by atomic mass is 10.2. The average molecular weight is 383 g/mol. The fourth-order valence-corrected chi connectivity index (χ4v) is 3.77. The standard InChI is InChI=1S/C19H17N3O4S/c1-12-7-9-15(26-3)17-18(12)27-19(21(17)2)20-16(23)10-8-13-5-4-6-14(11-13)22(24)25/h4-11H,1-3H3/b10-8+,20-19?. The smallest absolute Gasteiger partial charge is 0.272 e. The number of fused-ring (bicyclic) bond motifs is 1. The van der Waals surface area contributed by atoms with Crippen molar-refractivity contribution in [1.82, 2.24) is 4.57 Å². The summed E-state index contributed by atoms with van der Waals surface area (Å²) in [6.45, 7) is 1.99. The van der Waals surface area contributed by atoms with E-state index in [-0.39, 0.29) is 5.69 Å². The van der Waals surface area contributed by atoms with Gasteiger partial charge >= 0.3 is 0 Å². The average Bonchev–Trinajstić information content (AvgIpc) is 2.98. The van der Waals surface area contributed by atoms with Gasteiger partial charge in [-0.15, -0.1) is 0 Å². The van der Waals surface area contributed by atoms with E-state index in [0.717, 1.165) is 21.5 Å². The summed E-state index contributed by atoms with van der Waals surface area (Å²) in [5.41, 5.74) is 2.50. The van der Waals surface area contributed by atoms with Crippen LogP contribution in [0.5, 0.6) is 5.75 Å². The van der Waals surface area contributed by atoms with Gasteiger partial charge in [0.15, 0.2) is 4.80 Å². The lowest BCUT2D eigenvalue weighted by Gasteiger charge is -2.05. The summed E-state index contributed by atoms with van der Waals surface area (Å²) in [6, 6.07) is 9.91. The summed E-state index contributed by atoms with van der Waals surface area (Å²) in [5.74, 6) is 0.274. The molecule has 7 nitrogen and oxygen atoms in total. The molecule has 0 saturated carbocycles. The summed E-state index contributed by atoms with van der Waals surface area (Å²) in [4.78, 5) is 27.3. The van der Waals surface area contributed by atoms with Crippen molar-refractivity contribution < 1.29 is 14.5 Å². The predicted octanol–water partition coefficient (Wildman–Crippen LogP) is 3.61. The van der Waals surface area contributed by atoms with Crippen LogP contribution in [0.15, 0.2) is 47.5 Å². The van der Waals surface area contributed by atoms with Crippen molar-refractivity contribution in [3.63, 3.8) is 0 Å². The van der Waals surface area contributed by atoms with E-state index in [9.17, 15) is 14.9 Å². The Hall–Kier alpha value is -3.26. The second-order valence-corrected chi connectivity index (χ2v) is 6.82. The number of methoxy groups -OCH3 is 1. The molecule has 8 heteroatoms. The fraction of sp³-hybridized carbons (Fsp3) is 0.158. The van der Waals surface area contributed by atoms with Crippen LogP contribution in [0.1, 0.15) is 11.1 Å². The van der Waals surface area contributed by atoms with Crippen molar-refractivity contribution >= 4 is 39.2 Å². The molecule has 2 aromatic carbocycles. The highest BCUT2D eigenvalue weighted by molar-refractivity contribution is 7.16. The van der Waals surface area contributed by atoms with Gasteiger partial charge < -0.3 is 9.30 Å². The molecule has 0 atom stereocenters. The molecule has 1 heterocycles. The van der Waals surface area contributed by atoms with E-state index in [1.165, 1.54) is 35.6 Å². The number of aryl methyl sites for hydroxylation is 2. The number of rotatable bonds is 4. The van der Waals surface area contributed by atoms with Gasteiger partial charge in [0.1, 0.15) is 11.3 Å². The fourth-order valence-electron chi connectivity index (χ4n) is 2.66. The number of non-ortho nitro benzene ring substituents is 1. The number of amides is 1. The van der Waals surface area contributed by atoms with Gasteiger partial charge in [0.05, 0.1) is 16.7 Å². The molecule has 0 bridgehead atoms. The lowest BCUT2D eigenvalue weighted by molar-refractivity contribution is -0.384. The number of nitro benzene ring substituents is 1. The number of nitro groups is 1. The quantitative estimate of drug-likeness (QED) is 0.391. The highest BCUT2D eigenvalue weighted by Crippen LogP contribution is 2.29.